The highest BCUT2D eigenvalue weighted by Gasteiger charge is 2.22. The maximum atomic E-state index is 11.4. The van der Waals surface area contributed by atoms with Gasteiger partial charge >= 0.3 is 6.09 Å². The first-order valence-corrected chi connectivity index (χ1v) is 6.40. The Balaban J connectivity index is 2.21. The summed E-state index contributed by atoms with van der Waals surface area (Å²) in [5.41, 5.74) is -0.253. The van der Waals surface area contributed by atoms with Crippen molar-refractivity contribution in [2.24, 2.45) is 0 Å². The van der Waals surface area contributed by atoms with Crippen LogP contribution in [-0.2, 0) is 17.5 Å². The Kier molecular flexibility index (Phi) is 1.88. The van der Waals surface area contributed by atoms with Gasteiger partial charge < -0.3 is 19.9 Å². The van der Waals surface area contributed by atoms with E-state index in [0.29, 0.717) is 0 Å². The number of hydrogen-bond donors (Lipinski definition) is 2. The van der Waals surface area contributed by atoms with Gasteiger partial charge in [0.2, 0.25) is 0 Å². The van der Waals surface area contributed by atoms with Crippen molar-refractivity contribution in [2.75, 3.05) is 27.2 Å². The van der Waals surface area contributed by atoms with E-state index in [2.05, 4.69) is 15.0 Å². The third kappa shape index (κ3) is 3.19. The number of H-pyrrole nitrogens is 1. The minimum Gasteiger partial charge on any atom is -0.447 e. The number of benzene rings is 1. The highest BCUT2D eigenvalue weighted by Crippen LogP contribution is 2.21. The molecule has 1 saturated heterocycles. The smallest absolute Gasteiger partial charge is 0.407 e. The lowest BCUT2D eigenvalue weighted by Crippen LogP contribution is -2.28. The Morgan fingerprint density at radius 1 is 1.57 bits per heavy atom. The summed E-state index contributed by atoms with van der Waals surface area (Å²) < 4.78 is 78.3. The number of aromatic amines is 1. The molecule has 0 saturated carbocycles. The summed E-state index contributed by atoms with van der Waals surface area (Å²) in [6.07, 6.45) is -2.71. The number of cyclic esters (lactones) is 1. The predicted molar refractivity (Wildman–Crippen MR) is 82.5 cm³/mol. The average Bonchev–Trinajstić information content (AvgIpc) is 3.17. The molecule has 1 fully saturated rings. The van der Waals surface area contributed by atoms with Crippen LogP contribution in [0, 0.1) is 0 Å². The van der Waals surface area contributed by atoms with Crippen molar-refractivity contribution in [1.29, 1.82) is 0 Å². The number of ether oxygens (including phenoxy) is 1. The lowest BCUT2D eigenvalue weighted by Gasteiger charge is -2.09. The number of hydrogen-bond acceptors (Lipinski definition) is 3. The van der Waals surface area contributed by atoms with E-state index >= 15 is 0 Å². The number of aryl methyl sites for hydroxylation is 1. The van der Waals surface area contributed by atoms with Crippen LogP contribution in [0.4, 0.5) is 4.79 Å². The maximum Gasteiger partial charge on any atom is 0.407 e. The van der Waals surface area contributed by atoms with Gasteiger partial charge in [-0.15, -0.1) is 0 Å². The molecule has 5 nitrogen and oxygen atoms in total. The molecule has 112 valence electrons. The Morgan fingerprint density at radius 2 is 2.43 bits per heavy atom. The van der Waals surface area contributed by atoms with Gasteiger partial charge in [-0.05, 0) is 50.1 Å². The van der Waals surface area contributed by atoms with Crippen LogP contribution >= 0.6 is 0 Å². The highest BCUT2D eigenvalue weighted by atomic mass is 16.6. The second-order valence-electron chi connectivity index (χ2n) is 4.85. The molecule has 0 bridgehead atoms. The van der Waals surface area contributed by atoms with Crippen LogP contribution in [0.1, 0.15) is 23.5 Å². The molecule has 3 rings (SSSR count). The van der Waals surface area contributed by atoms with Crippen molar-refractivity contribution >= 4 is 17.0 Å². The summed E-state index contributed by atoms with van der Waals surface area (Å²) in [6, 6.07) is -2.25. The van der Waals surface area contributed by atoms with Gasteiger partial charge in [0.15, 0.2) is 0 Å². The molecule has 0 spiro atoms. The van der Waals surface area contributed by atoms with Crippen molar-refractivity contribution in [1.82, 2.24) is 15.2 Å². The maximum absolute atomic E-state index is 11.4. The van der Waals surface area contributed by atoms with Gasteiger partial charge in [0.05, 0.1) is 12.9 Å². The molecule has 2 aromatic rings. The average molecular weight is 296 g/mol. The van der Waals surface area contributed by atoms with E-state index in [0.717, 1.165) is 4.90 Å². The van der Waals surface area contributed by atoms with Crippen LogP contribution in [0.3, 0.4) is 0 Å². The molecule has 2 N–H and O–H groups in total. The molecular weight excluding hydrogens is 266 g/mol. The van der Waals surface area contributed by atoms with Crippen LogP contribution in [0.5, 0.6) is 0 Å². The van der Waals surface area contributed by atoms with Gasteiger partial charge in [0.1, 0.15) is 6.56 Å². The molecule has 0 aliphatic carbocycles. The van der Waals surface area contributed by atoms with Crippen molar-refractivity contribution in [3.05, 3.63) is 35.5 Å². The SMILES string of the molecule is [2H]c1c(C[C@@H]2NC(=O)OC2([2H])[2H])c([2H])c2c(C([2H])([2H])C([2H])([2H])N(C)C)c[nH]c2c1[2H]. The molecular formula is C16H21N3O2. The lowest BCUT2D eigenvalue weighted by molar-refractivity contribution is 0.177. The largest absolute Gasteiger partial charge is 0.447 e. The first-order valence-electron chi connectivity index (χ1n) is 10.9. The minimum atomic E-state index is -2.59. The second-order valence-corrected chi connectivity index (χ2v) is 4.85. The van der Waals surface area contributed by atoms with Gasteiger partial charge in [0, 0.05) is 29.1 Å². The quantitative estimate of drug-likeness (QED) is 0.886. The highest BCUT2D eigenvalue weighted by molar-refractivity contribution is 5.84. The molecule has 1 aromatic carbocycles. The topological polar surface area (TPSA) is 57.4 Å². The minimum absolute atomic E-state index is 0.0110. The molecule has 1 amide bonds. The van der Waals surface area contributed by atoms with Crippen LogP contribution in [-0.4, -0.2) is 49.2 Å². The van der Waals surface area contributed by atoms with Gasteiger partial charge in [-0.3, -0.25) is 0 Å². The summed E-state index contributed by atoms with van der Waals surface area (Å²) in [4.78, 5) is 15.2. The molecule has 0 unspecified atom stereocenters. The fourth-order valence-electron chi connectivity index (χ4n) is 1.97. The lowest BCUT2D eigenvalue weighted by atomic mass is 10.0. The number of fused-ring (bicyclic) bond motifs is 1. The van der Waals surface area contributed by atoms with Crippen LogP contribution in [0.2, 0.25) is 0 Å². The van der Waals surface area contributed by atoms with Gasteiger partial charge in [-0.25, -0.2) is 4.79 Å². The van der Waals surface area contributed by atoms with Gasteiger partial charge in [-0.2, -0.15) is 0 Å². The van der Waals surface area contributed by atoms with Gasteiger partial charge in [-0.1, -0.05) is 6.04 Å². The molecule has 5 heteroatoms. The van der Waals surface area contributed by atoms with E-state index in [9.17, 15) is 4.79 Å². The van der Waals surface area contributed by atoms with Crippen LogP contribution < -0.4 is 5.32 Å². The van der Waals surface area contributed by atoms with E-state index in [4.69, 9.17) is 12.3 Å². The number of aromatic nitrogens is 1. The number of rotatable bonds is 5. The van der Waals surface area contributed by atoms with Crippen molar-refractivity contribution < 1.29 is 21.9 Å². The number of alkyl carbamates (subject to hydrolysis) is 1. The first-order chi connectivity index (χ1) is 13.6. The molecule has 0 radical (unpaired) electrons. The van der Waals surface area contributed by atoms with Crippen molar-refractivity contribution in [3.8, 4) is 0 Å². The zero-order chi connectivity index (χ0) is 22.8. The Morgan fingerprint density at radius 3 is 3.14 bits per heavy atom. The monoisotopic (exact) mass is 296 g/mol. The Hall–Kier alpha value is -2.01. The summed E-state index contributed by atoms with van der Waals surface area (Å²) in [6.45, 7) is -4.84. The van der Waals surface area contributed by atoms with E-state index in [1.54, 1.807) is 0 Å². The third-order valence-electron chi connectivity index (χ3n) is 2.90. The summed E-state index contributed by atoms with van der Waals surface area (Å²) in [5.74, 6) is 0. The molecule has 1 aliphatic heterocycles. The van der Waals surface area contributed by atoms with Gasteiger partial charge in [0.25, 0.3) is 0 Å². The third-order valence-corrected chi connectivity index (χ3v) is 2.90. The zero-order valence-corrected chi connectivity index (χ0v) is 11.6. The number of nitrogens with zero attached hydrogens (tertiary/aromatic N) is 1. The van der Waals surface area contributed by atoms with Crippen molar-refractivity contribution in [2.45, 2.75) is 18.8 Å². The standard InChI is InChI=1S/C16H21N3O2/c1-19(2)6-5-12-9-17-15-4-3-11(8-14(12)15)7-13-10-21-16(20)18-13/h3-4,8-9,13,17H,5-7,10H2,1-2H3,(H,18,20)/t13-/m0/s1/i3D,4D,5D2,6D2,8D,10D2. The summed E-state index contributed by atoms with van der Waals surface area (Å²) in [7, 11) is 2.75. The fraction of sp³-hybridized carbons (Fsp3) is 0.438. The normalized spacial score (nSPS) is 28.2. The van der Waals surface area contributed by atoms with Crippen LogP contribution in [0.15, 0.2) is 24.3 Å². The Bertz CT molecular complexity index is 1020. The molecule has 1 aromatic heterocycles. The van der Waals surface area contributed by atoms with Crippen LogP contribution in [0.25, 0.3) is 10.9 Å². The van der Waals surface area contributed by atoms with E-state index in [-0.39, 0.29) is 46.6 Å². The Labute approximate surface area is 136 Å². The summed E-state index contributed by atoms with van der Waals surface area (Å²) in [5, 5.41) is 2.22. The number of amides is 1. The van der Waals surface area contributed by atoms with Crippen molar-refractivity contribution in [3.63, 3.8) is 0 Å². The van der Waals surface area contributed by atoms with E-state index < -0.39 is 31.6 Å². The number of carbonyl (C=O) groups is 1. The number of carbonyl (C=O) groups excluding carboxylic acids is 1. The molecule has 2 heterocycles. The molecule has 1 atom stereocenters. The zero-order valence-electron chi connectivity index (χ0n) is 20.6. The second kappa shape index (κ2) is 5.77. The molecule has 1 aliphatic rings. The first kappa shape index (κ1) is 6.83. The van der Waals surface area contributed by atoms with E-state index in [1.807, 2.05) is 0 Å². The predicted octanol–water partition coefficient (Wildman–Crippen LogP) is 1.92. The summed E-state index contributed by atoms with van der Waals surface area (Å²) >= 11 is 0. The van der Waals surface area contributed by atoms with E-state index in [1.165, 1.54) is 20.3 Å². The number of nitrogens with one attached hydrogen (secondary N) is 2. The molecule has 21 heavy (non-hydrogen) atoms. The number of likely N-dealkylation sites (N-methyl/N-ethyl adjacent to an activating group) is 1. The fourth-order valence-corrected chi connectivity index (χ4v) is 1.97.